The number of hydrogen-bond acceptors (Lipinski definition) is 6. The summed E-state index contributed by atoms with van der Waals surface area (Å²) >= 11 is 0. The molecule has 1 aromatic carbocycles. The number of carbonyl (C=O) groups is 2. The topological polar surface area (TPSA) is 127 Å². The number of nitrogens with two attached hydrogens (primary N) is 1. The van der Waals surface area contributed by atoms with Crippen molar-refractivity contribution in [1.82, 2.24) is 10.6 Å². The summed E-state index contributed by atoms with van der Waals surface area (Å²) in [6, 6.07) is 6.49. The number of alkyl carbamates (subject to hydrolysis) is 2. The third kappa shape index (κ3) is 7.48. The van der Waals surface area contributed by atoms with E-state index in [1.165, 1.54) is 0 Å². The molecule has 0 fully saturated rings. The summed E-state index contributed by atoms with van der Waals surface area (Å²) < 4.78 is 10.1. The first-order valence-corrected chi connectivity index (χ1v) is 7.46. The first-order chi connectivity index (χ1) is 11.1. The van der Waals surface area contributed by atoms with Crippen molar-refractivity contribution in [2.45, 2.75) is 39.4 Å². The zero-order valence-electron chi connectivity index (χ0n) is 14.3. The van der Waals surface area contributed by atoms with E-state index in [4.69, 9.17) is 20.6 Å². The molecule has 24 heavy (non-hydrogen) atoms. The number of rotatable bonds is 4. The average Bonchev–Trinajstić information content (AvgIpc) is 2.43. The molecule has 132 valence electrons. The van der Waals surface area contributed by atoms with Crippen molar-refractivity contribution in [3.63, 3.8) is 0 Å². The Labute approximate surface area is 141 Å². The third-order valence-corrected chi connectivity index (χ3v) is 2.67. The molecule has 0 heterocycles. The van der Waals surface area contributed by atoms with E-state index in [0.29, 0.717) is 11.3 Å². The van der Waals surface area contributed by atoms with Crippen molar-refractivity contribution in [2.24, 2.45) is 0 Å². The molecule has 1 aromatic rings. The smallest absolute Gasteiger partial charge is 0.413 e. The Morgan fingerprint density at radius 3 is 2.33 bits per heavy atom. The minimum Gasteiger partial charge on any atom is -0.444 e. The quantitative estimate of drug-likeness (QED) is 0.381. The Morgan fingerprint density at radius 2 is 1.79 bits per heavy atom. The summed E-state index contributed by atoms with van der Waals surface area (Å²) in [5.41, 5.74) is 6.03. The summed E-state index contributed by atoms with van der Waals surface area (Å²) in [4.78, 5) is 23.2. The van der Waals surface area contributed by atoms with Crippen LogP contribution in [0.15, 0.2) is 24.3 Å². The Kier molecular flexibility index (Phi) is 6.58. The highest BCUT2D eigenvalue weighted by atomic mass is 16.6. The highest BCUT2D eigenvalue weighted by Gasteiger charge is 2.17. The molecule has 0 bridgehead atoms. The number of ether oxygens (including phenoxy) is 2. The van der Waals surface area contributed by atoms with Gasteiger partial charge in [0.25, 0.3) is 0 Å². The third-order valence-electron chi connectivity index (χ3n) is 2.67. The second-order valence-corrected chi connectivity index (χ2v) is 6.22. The van der Waals surface area contributed by atoms with Crippen LogP contribution in [-0.4, -0.2) is 36.3 Å². The number of amides is 2. The molecule has 1 unspecified atom stereocenters. The van der Waals surface area contributed by atoms with Gasteiger partial charge in [0.15, 0.2) is 0 Å². The number of amidine groups is 1. The second kappa shape index (κ2) is 8.19. The monoisotopic (exact) mass is 336 g/mol. The lowest BCUT2D eigenvalue weighted by Gasteiger charge is -2.21. The largest absolute Gasteiger partial charge is 0.444 e. The maximum absolute atomic E-state index is 11.7. The van der Waals surface area contributed by atoms with Crippen LogP contribution in [0.1, 0.15) is 33.3 Å². The summed E-state index contributed by atoms with van der Waals surface area (Å²) in [6.45, 7) is 6.97. The van der Waals surface area contributed by atoms with Gasteiger partial charge in [-0.05, 0) is 52.0 Å². The Morgan fingerprint density at radius 1 is 1.21 bits per heavy atom. The normalized spacial score (nSPS) is 12.0. The molecule has 1 rings (SSSR count). The van der Waals surface area contributed by atoms with Crippen molar-refractivity contribution in [3.05, 3.63) is 29.8 Å². The standard InChI is InChI=1S/C16H24N4O4/c1-10(9-19-14(21)24-16(2,3)4)23-15(22)20-13(18)11-5-7-12(17)8-6-11/h5-8,10H,9,17H2,1-4H3,(H,19,21)(H2,18,20,22). The molecular weight excluding hydrogens is 312 g/mol. The molecule has 0 aliphatic rings. The molecule has 2 amide bonds. The lowest BCUT2D eigenvalue weighted by atomic mass is 10.2. The van der Waals surface area contributed by atoms with Gasteiger partial charge in [0, 0.05) is 11.3 Å². The second-order valence-electron chi connectivity index (χ2n) is 6.22. The maximum atomic E-state index is 11.7. The van der Waals surface area contributed by atoms with E-state index < -0.39 is 23.9 Å². The molecular formula is C16H24N4O4. The fourth-order valence-electron chi connectivity index (χ4n) is 1.62. The van der Waals surface area contributed by atoms with E-state index in [0.717, 1.165) is 0 Å². The van der Waals surface area contributed by atoms with Crippen molar-refractivity contribution < 1.29 is 19.1 Å². The number of nitrogen functional groups attached to an aromatic ring is 1. The molecule has 0 saturated carbocycles. The van der Waals surface area contributed by atoms with Gasteiger partial charge in [-0.3, -0.25) is 10.7 Å². The van der Waals surface area contributed by atoms with Crippen LogP contribution in [0, 0.1) is 5.41 Å². The molecule has 0 saturated heterocycles. The lowest BCUT2D eigenvalue weighted by molar-refractivity contribution is 0.0481. The Balaban J connectivity index is 2.37. The van der Waals surface area contributed by atoms with Gasteiger partial charge in [0.2, 0.25) is 0 Å². The maximum Gasteiger partial charge on any atom is 0.413 e. The SMILES string of the molecule is CC(CNC(=O)OC(C)(C)C)OC(=O)NC(=N)c1ccc(N)cc1. The molecule has 1 atom stereocenters. The zero-order chi connectivity index (χ0) is 18.3. The molecule has 0 aliphatic heterocycles. The average molecular weight is 336 g/mol. The van der Waals surface area contributed by atoms with E-state index >= 15 is 0 Å². The van der Waals surface area contributed by atoms with Gasteiger partial charge < -0.3 is 20.5 Å². The van der Waals surface area contributed by atoms with Crippen LogP contribution in [0.3, 0.4) is 0 Å². The molecule has 5 N–H and O–H groups in total. The van der Waals surface area contributed by atoms with Crippen LogP contribution in [0.25, 0.3) is 0 Å². The van der Waals surface area contributed by atoms with Gasteiger partial charge >= 0.3 is 12.2 Å². The molecule has 0 aromatic heterocycles. The van der Waals surface area contributed by atoms with Crippen LogP contribution in [0.5, 0.6) is 0 Å². The van der Waals surface area contributed by atoms with Crippen molar-refractivity contribution in [2.75, 3.05) is 12.3 Å². The van der Waals surface area contributed by atoms with Crippen LogP contribution >= 0.6 is 0 Å². The van der Waals surface area contributed by atoms with Gasteiger partial charge in [0.05, 0.1) is 6.54 Å². The van der Waals surface area contributed by atoms with Crippen molar-refractivity contribution >= 4 is 23.7 Å². The van der Waals surface area contributed by atoms with Gasteiger partial charge in [-0.2, -0.15) is 0 Å². The van der Waals surface area contributed by atoms with Crippen LogP contribution in [-0.2, 0) is 9.47 Å². The van der Waals surface area contributed by atoms with Gasteiger partial charge in [-0.1, -0.05) is 0 Å². The summed E-state index contributed by atoms with van der Waals surface area (Å²) in [6.07, 6.45) is -1.96. The fourth-order valence-corrected chi connectivity index (χ4v) is 1.62. The molecule has 0 radical (unpaired) electrons. The number of nitrogens with one attached hydrogen (secondary N) is 3. The van der Waals surface area contributed by atoms with Gasteiger partial charge in [-0.15, -0.1) is 0 Å². The number of carbonyl (C=O) groups excluding carboxylic acids is 2. The molecule has 8 nitrogen and oxygen atoms in total. The fraction of sp³-hybridized carbons (Fsp3) is 0.438. The Hall–Kier alpha value is -2.77. The summed E-state index contributed by atoms with van der Waals surface area (Å²) in [5, 5.41) is 12.6. The molecule has 8 heteroatoms. The van der Waals surface area contributed by atoms with Gasteiger partial charge in [0.1, 0.15) is 17.5 Å². The van der Waals surface area contributed by atoms with Crippen molar-refractivity contribution in [3.8, 4) is 0 Å². The predicted molar refractivity (Wildman–Crippen MR) is 91.0 cm³/mol. The summed E-state index contributed by atoms with van der Waals surface area (Å²) in [7, 11) is 0. The highest BCUT2D eigenvalue weighted by molar-refractivity contribution is 6.04. The van der Waals surface area contributed by atoms with Crippen LogP contribution in [0.2, 0.25) is 0 Å². The minimum absolute atomic E-state index is 0.0948. The van der Waals surface area contributed by atoms with E-state index in [1.54, 1.807) is 52.0 Å². The number of benzene rings is 1. The van der Waals surface area contributed by atoms with Crippen LogP contribution in [0.4, 0.5) is 15.3 Å². The Bertz CT molecular complexity index is 593. The molecule has 0 spiro atoms. The van der Waals surface area contributed by atoms with E-state index in [1.807, 2.05) is 0 Å². The summed E-state index contributed by atoms with van der Waals surface area (Å²) in [5.74, 6) is -0.104. The number of anilines is 1. The first kappa shape index (κ1) is 19.3. The zero-order valence-corrected chi connectivity index (χ0v) is 14.3. The van der Waals surface area contributed by atoms with E-state index in [9.17, 15) is 9.59 Å². The van der Waals surface area contributed by atoms with Crippen LogP contribution < -0.4 is 16.4 Å². The number of hydrogen-bond donors (Lipinski definition) is 4. The van der Waals surface area contributed by atoms with E-state index in [-0.39, 0.29) is 12.4 Å². The highest BCUT2D eigenvalue weighted by Crippen LogP contribution is 2.07. The molecule has 0 aliphatic carbocycles. The first-order valence-electron chi connectivity index (χ1n) is 7.46. The van der Waals surface area contributed by atoms with Crippen molar-refractivity contribution in [1.29, 1.82) is 5.41 Å². The predicted octanol–water partition coefficient (Wildman–Crippen LogP) is 2.23. The van der Waals surface area contributed by atoms with E-state index in [2.05, 4.69) is 10.6 Å². The minimum atomic E-state index is -0.782. The van der Waals surface area contributed by atoms with Gasteiger partial charge in [-0.25, -0.2) is 9.59 Å². The lowest BCUT2D eigenvalue weighted by Crippen LogP contribution is -2.39.